The van der Waals surface area contributed by atoms with Crippen molar-refractivity contribution in [1.29, 1.82) is 0 Å². The summed E-state index contributed by atoms with van der Waals surface area (Å²) in [5.74, 6) is -0.692. The fourth-order valence-corrected chi connectivity index (χ4v) is 5.53. The van der Waals surface area contributed by atoms with Crippen LogP contribution < -0.4 is 21.2 Å². The van der Waals surface area contributed by atoms with Crippen LogP contribution in [0.3, 0.4) is 0 Å². The number of benzene rings is 1. The van der Waals surface area contributed by atoms with E-state index < -0.39 is 23.8 Å². The van der Waals surface area contributed by atoms with Crippen LogP contribution >= 0.6 is 11.6 Å². The molecule has 3 aromatic rings. The number of pyridine rings is 2. The summed E-state index contributed by atoms with van der Waals surface area (Å²) in [7, 11) is 0. The van der Waals surface area contributed by atoms with E-state index in [2.05, 4.69) is 21.3 Å². The molecule has 3 aliphatic rings. The quantitative estimate of drug-likeness (QED) is 0.480. The maximum Gasteiger partial charge on any atom is 0.130 e. The molecular weight excluding hydrogens is 491 g/mol. The Morgan fingerprint density at radius 1 is 1.08 bits per heavy atom. The third-order valence-electron chi connectivity index (χ3n) is 7.07. The normalized spacial score (nSPS) is 22.8. The first kappa shape index (κ1) is 23.3. The lowest BCUT2D eigenvalue weighted by atomic mass is 10.0. The molecule has 0 aliphatic carbocycles. The lowest BCUT2D eigenvalue weighted by Crippen LogP contribution is -2.47. The van der Waals surface area contributed by atoms with Crippen LogP contribution in [0, 0.1) is 11.6 Å². The molecule has 3 N–H and O–H groups in total. The highest BCUT2D eigenvalue weighted by Crippen LogP contribution is 2.39. The molecule has 36 heavy (non-hydrogen) atoms. The van der Waals surface area contributed by atoms with E-state index in [1.807, 2.05) is 11.2 Å². The molecule has 2 fully saturated rings. The van der Waals surface area contributed by atoms with Crippen molar-refractivity contribution in [3.8, 4) is 0 Å². The van der Waals surface area contributed by atoms with Crippen molar-refractivity contribution < 1.29 is 13.2 Å². The molecule has 0 bridgehead atoms. The fourth-order valence-electron chi connectivity index (χ4n) is 5.29. The Kier molecular flexibility index (Phi) is 6.10. The number of anilines is 1. The van der Waals surface area contributed by atoms with Gasteiger partial charge in [0.05, 0.1) is 28.8 Å². The number of hydrogen-bond acceptors (Lipinski definition) is 7. The minimum Gasteiger partial charge on any atom is -0.346 e. The lowest BCUT2D eigenvalue weighted by molar-refractivity contribution is 0.163. The summed E-state index contributed by atoms with van der Waals surface area (Å²) in [6.07, 6.45) is 4.40. The molecule has 7 nitrogen and oxygen atoms in total. The Hall–Kier alpha value is -3.08. The first-order chi connectivity index (χ1) is 17.5. The Morgan fingerprint density at radius 3 is 2.75 bits per heavy atom. The molecule has 5 heterocycles. The average molecular weight is 516 g/mol. The number of hydrazine groups is 2. The van der Waals surface area contributed by atoms with E-state index in [4.69, 9.17) is 16.6 Å². The zero-order valence-electron chi connectivity index (χ0n) is 19.3. The summed E-state index contributed by atoms with van der Waals surface area (Å²) < 4.78 is 43.1. The summed E-state index contributed by atoms with van der Waals surface area (Å²) in [5.41, 5.74) is 9.07. The molecule has 11 heteroatoms. The minimum atomic E-state index is -1.20. The summed E-state index contributed by atoms with van der Waals surface area (Å²) in [6.45, 7) is 1.93. The van der Waals surface area contributed by atoms with Gasteiger partial charge in [0.25, 0.3) is 0 Å². The number of aromatic nitrogens is 2. The smallest absolute Gasteiger partial charge is 0.130 e. The molecule has 6 rings (SSSR count). The lowest BCUT2D eigenvalue weighted by Gasteiger charge is -2.30. The van der Waals surface area contributed by atoms with Crippen molar-refractivity contribution in [3.63, 3.8) is 0 Å². The Morgan fingerprint density at radius 2 is 1.92 bits per heavy atom. The standard InChI is InChI=1S/C25H25ClF3N7/c26-18-11-31-20-3-4-23(35-12-15(28)10-22(35)17-9-14(27)1-2-19(17)29)32-25(20)24(18)21-13-36(34-33-21)16-5-7-30-8-6-16/h1-4,9,11,13,15-16,22,30,33-34H,5-8,10,12H2/t15-,22+/m0/s1. The van der Waals surface area contributed by atoms with Gasteiger partial charge in [-0.05, 0) is 56.3 Å². The predicted molar refractivity (Wildman–Crippen MR) is 132 cm³/mol. The van der Waals surface area contributed by atoms with E-state index in [-0.39, 0.29) is 18.5 Å². The van der Waals surface area contributed by atoms with Crippen LogP contribution in [-0.2, 0) is 0 Å². The third kappa shape index (κ3) is 4.23. The number of hydrogen-bond donors (Lipinski definition) is 3. The molecule has 0 unspecified atom stereocenters. The number of piperidine rings is 1. The zero-order chi connectivity index (χ0) is 24.8. The van der Waals surface area contributed by atoms with Gasteiger partial charge in [0.2, 0.25) is 0 Å². The van der Waals surface area contributed by atoms with Gasteiger partial charge in [0.1, 0.15) is 29.1 Å². The molecular formula is C25H25ClF3N7. The average Bonchev–Trinajstić information content (AvgIpc) is 3.53. The number of fused-ring (bicyclic) bond motifs is 1. The molecule has 0 amide bonds. The Bertz CT molecular complexity index is 1330. The second-order valence-corrected chi connectivity index (χ2v) is 9.76. The van der Waals surface area contributed by atoms with Crippen molar-refractivity contribution in [2.24, 2.45) is 0 Å². The Labute approximate surface area is 211 Å². The van der Waals surface area contributed by atoms with Gasteiger partial charge in [-0.1, -0.05) is 11.6 Å². The number of rotatable bonds is 4. The summed E-state index contributed by atoms with van der Waals surface area (Å²) in [4.78, 5) is 10.9. The van der Waals surface area contributed by atoms with Gasteiger partial charge in [-0.3, -0.25) is 9.99 Å². The van der Waals surface area contributed by atoms with Gasteiger partial charge in [0, 0.05) is 36.0 Å². The highest BCUT2D eigenvalue weighted by atomic mass is 35.5. The topological polar surface area (TPSA) is 68.4 Å². The highest BCUT2D eigenvalue weighted by molar-refractivity contribution is 6.33. The van der Waals surface area contributed by atoms with Gasteiger partial charge in [-0.2, -0.15) is 0 Å². The minimum absolute atomic E-state index is 0.0223. The van der Waals surface area contributed by atoms with E-state index in [0.29, 0.717) is 33.5 Å². The van der Waals surface area contributed by atoms with Gasteiger partial charge in [-0.25, -0.2) is 18.2 Å². The van der Waals surface area contributed by atoms with Gasteiger partial charge >= 0.3 is 0 Å². The zero-order valence-corrected chi connectivity index (χ0v) is 20.1. The van der Waals surface area contributed by atoms with Crippen LogP contribution in [0.5, 0.6) is 0 Å². The number of nitrogens with one attached hydrogen (secondary N) is 3. The monoisotopic (exact) mass is 515 g/mol. The van der Waals surface area contributed by atoms with E-state index in [9.17, 15) is 13.2 Å². The van der Waals surface area contributed by atoms with Gasteiger partial charge < -0.3 is 15.6 Å². The molecule has 188 valence electrons. The Balaban J connectivity index is 1.39. The molecule has 3 aliphatic heterocycles. The SMILES string of the molecule is Fc1ccc(F)c([C@H]2C[C@H](F)CN2c2ccc3ncc(Cl)c(C4=CN(C5CCNCC5)NN4)c3n2)c1. The van der Waals surface area contributed by atoms with Crippen LogP contribution in [0.15, 0.2) is 42.7 Å². The molecule has 0 spiro atoms. The van der Waals surface area contributed by atoms with Crippen LogP contribution in [0.2, 0.25) is 5.02 Å². The summed E-state index contributed by atoms with van der Waals surface area (Å²) >= 11 is 6.61. The first-order valence-electron chi connectivity index (χ1n) is 12.0. The summed E-state index contributed by atoms with van der Waals surface area (Å²) in [5, 5.41) is 5.82. The fraction of sp³-hybridized carbons (Fsp3) is 0.360. The molecule has 1 aromatic carbocycles. The second-order valence-electron chi connectivity index (χ2n) is 9.35. The van der Waals surface area contributed by atoms with Crippen LogP contribution in [0.25, 0.3) is 16.7 Å². The van der Waals surface area contributed by atoms with Crippen molar-refractivity contribution in [2.45, 2.75) is 37.5 Å². The molecule has 2 atom stereocenters. The van der Waals surface area contributed by atoms with Gasteiger partial charge in [-0.15, -0.1) is 5.53 Å². The largest absolute Gasteiger partial charge is 0.346 e. The van der Waals surface area contributed by atoms with Crippen LogP contribution in [0.1, 0.15) is 36.4 Å². The van der Waals surface area contributed by atoms with Crippen LogP contribution in [-0.4, -0.2) is 46.8 Å². The number of nitrogens with zero attached hydrogens (tertiary/aromatic N) is 4. The van der Waals surface area contributed by atoms with E-state index in [0.717, 1.165) is 49.8 Å². The number of alkyl halides is 1. The molecule has 2 aromatic heterocycles. The number of halogens is 4. The maximum absolute atomic E-state index is 14.6. The van der Waals surface area contributed by atoms with Crippen molar-refractivity contribution in [2.75, 3.05) is 24.5 Å². The molecule has 0 saturated carbocycles. The van der Waals surface area contributed by atoms with Crippen molar-refractivity contribution in [1.82, 2.24) is 31.3 Å². The van der Waals surface area contributed by atoms with E-state index >= 15 is 0 Å². The summed E-state index contributed by atoms with van der Waals surface area (Å²) in [6, 6.07) is 6.42. The first-order valence-corrected chi connectivity index (χ1v) is 12.4. The van der Waals surface area contributed by atoms with E-state index in [1.165, 1.54) is 0 Å². The molecule has 2 saturated heterocycles. The van der Waals surface area contributed by atoms with Crippen molar-refractivity contribution in [3.05, 3.63) is 70.5 Å². The van der Waals surface area contributed by atoms with Crippen molar-refractivity contribution >= 4 is 34.1 Å². The third-order valence-corrected chi connectivity index (χ3v) is 7.36. The molecule has 0 radical (unpaired) electrons. The highest BCUT2D eigenvalue weighted by Gasteiger charge is 2.36. The van der Waals surface area contributed by atoms with E-state index in [1.54, 1.807) is 23.2 Å². The predicted octanol–water partition coefficient (Wildman–Crippen LogP) is 4.23. The maximum atomic E-state index is 14.6. The van der Waals surface area contributed by atoms with Crippen LogP contribution in [0.4, 0.5) is 19.0 Å². The second kappa shape index (κ2) is 9.42. The van der Waals surface area contributed by atoms with Gasteiger partial charge in [0.15, 0.2) is 0 Å².